The van der Waals surface area contributed by atoms with Gasteiger partial charge in [0, 0.05) is 36.6 Å². The average molecular weight is 510 g/mol. The zero-order valence-corrected chi connectivity index (χ0v) is 20.0. The van der Waals surface area contributed by atoms with Gasteiger partial charge in [-0.05, 0) is 55.7 Å². The van der Waals surface area contributed by atoms with Gasteiger partial charge in [-0.25, -0.2) is 0 Å². The van der Waals surface area contributed by atoms with Crippen molar-refractivity contribution >= 4 is 21.8 Å². The molecule has 188 valence electrons. The topological polar surface area (TPSA) is 80.8 Å². The molecule has 2 aromatic carbocycles. The summed E-state index contributed by atoms with van der Waals surface area (Å²) in [5.74, 6) is -1.37. The molecular weight excluding hydrogens is 483 g/mol. The van der Waals surface area contributed by atoms with Crippen LogP contribution in [-0.4, -0.2) is 43.6 Å². The van der Waals surface area contributed by atoms with E-state index in [1.807, 2.05) is 12.1 Å². The van der Waals surface area contributed by atoms with Gasteiger partial charge in [-0.3, -0.25) is 9.59 Å². The van der Waals surface area contributed by atoms with Crippen molar-refractivity contribution in [1.29, 1.82) is 0 Å². The molecule has 0 N–H and O–H groups in total. The predicted molar refractivity (Wildman–Crippen MR) is 123 cm³/mol. The number of halogens is 3. The van der Waals surface area contributed by atoms with Crippen molar-refractivity contribution in [2.75, 3.05) is 13.1 Å². The largest absolute Gasteiger partial charge is 0.534 e. The van der Waals surface area contributed by atoms with Gasteiger partial charge < -0.3 is 9.08 Å². The zero-order chi connectivity index (χ0) is 25.4. The van der Waals surface area contributed by atoms with Gasteiger partial charge in [-0.2, -0.15) is 21.6 Å². The van der Waals surface area contributed by atoms with Crippen LogP contribution >= 0.6 is 0 Å². The normalized spacial score (nSPS) is 19.7. The van der Waals surface area contributed by atoms with Gasteiger partial charge in [0.2, 0.25) is 5.91 Å². The molecule has 6 nitrogen and oxygen atoms in total. The molecule has 0 aromatic heterocycles. The molecule has 1 saturated heterocycles. The molecule has 1 aliphatic heterocycles. The van der Waals surface area contributed by atoms with Crippen LogP contribution in [0.2, 0.25) is 0 Å². The smallest absolute Gasteiger partial charge is 0.376 e. The predicted octanol–water partition coefficient (Wildman–Crippen LogP) is 4.76. The number of Topliss-reactive ketones (excluding diaryl/α,β-unsaturated/α-hetero) is 1. The molecule has 1 aliphatic carbocycles. The second-order valence-electron chi connectivity index (χ2n) is 9.08. The number of hydrogen-bond donors (Lipinski definition) is 0. The number of carbonyl (C=O) groups excluding carboxylic acids is 2. The summed E-state index contributed by atoms with van der Waals surface area (Å²) in [4.78, 5) is 27.9. The lowest BCUT2D eigenvalue weighted by atomic mass is 9.86. The number of amides is 1. The Labute approximate surface area is 202 Å². The van der Waals surface area contributed by atoms with E-state index in [1.54, 1.807) is 4.90 Å². The zero-order valence-electron chi connectivity index (χ0n) is 19.2. The molecule has 0 radical (unpaired) electrons. The van der Waals surface area contributed by atoms with Crippen molar-refractivity contribution in [3.05, 3.63) is 64.7 Å². The number of carbonyl (C=O) groups is 2. The van der Waals surface area contributed by atoms with Crippen molar-refractivity contribution in [2.24, 2.45) is 5.92 Å². The highest BCUT2D eigenvalue weighted by Crippen LogP contribution is 2.36. The Morgan fingerprint density at radius 1 is 1.03 bits per heavy atom. The minimum atomic E-state index is -5.88. The SMILES string of the molecule is Cc1ccccc1C1CCN(C(=O)C2CCc3c(OS(=O)(=O)C(F)(F)F)cccc3C(=O)C2)CC1. The van der Waals surface area contributed by atoms with Crippen molar-refractivity contribution in [3.63, 3.8) is 0 Å². The van der Waals surface area contributed by atoms with E-state index < -0.39 is 33.1 Å². The number of alkyl halides is 3. The highest BCUT2D eigenvalue weighted by atomic mass is 32.2. The molecule has 1 fully saturated rings. The minimum absolute atomic E-state index is 0.0563. The summed E-state index contributed by atoms with van der Waals surface area (Å²) in [5.41, 5.74) is -2.92. The number of rotatable bonds is 4. The number of ketones is 1. The summed E-state index contributed by atoms with van der Waals surface area (Å²) in [7, 11) is -5.88. The number of nitrogens with zero attached hydrogens (tertiary/aromatic N) is 1. The third-order valence-electron chi connectivity index (χ3n) is 6.88. The fourth-order valence-electron chi connectivity index (χ4n) is 5.01. The summed E-state index contributed by atoms with van der Waals surface area (Å²) >= 11 is 0. The molecule has 0 spiro atoms. The Bertz CT molecular complexity index is 1230. The maximum absolute atomic E-state index is 13.3. The van der Waals surface area contributed by atoms with Gasteiger partial charge in [-0.1, -0.05) is 36.4 Å². The van der Waals surface area contributed by atoms with Gasteiger partial charge >= 0.3 is 15.6 Å². The first-order valence-corrected chi connectivity index (χ1v) is 12.9. The Balaban J connectivity index is 1.46. The summed E-state index contributed by atoms with van der Waals surface area (Å²) in [5, 5.41) is 0. The van der Waals surface area contributed by atoms with Gasteiger partial charge in [-0.15, -0.1) is 0 Å². The molecule has 10 heteroatoms. The van der Waals surface area contributed by atoms with Crippen molar-refractivity contribution in [2.45, 2.75) is 50.5 Å². The summed E-state index contributed by atoms with van der Waals surface area (Å²) in [6.45, 7) is 3.20. The first kappa shape index (κ1) is 25.2. The molecule has 2 aromatic rings. The number of piperidine rings is 1. The van der Waals surface area contributed by atoms with Crippen LogP contribution in [-0.2, 0) is 21.3 Å². The number of benzene rings is 2. The van der Waals surface area contributed by atoms with Crippen molar-refractivity contribution < 1.29 is 35.4 Å². The van der Waals surface area contributed by atoms with Crippen molar-refractivity contribution in [1.82, 2.24) is 4.90 Å². The fraction of sp³-hybridized carbons (Fsp3) is 0.440. The van der Waals surface area contributed by atoms with Crippen LogP contribution in [0.25, 0.3) is 0 Å². The lowest BCUT2D eigenvalue weighted by Crippen LogP contribution is -2.41. The minimum Gasteiger partial charge on any atom is -0.376 e. The van der Waals surface area contributed by atoms with Gasteiger partial charge in [0.25, 0.3) is 0 Å². The molecule has 1 amide bonds. The van der Waals surface area contributed by atoms with E-state index in [1.165, 1.54) is 23.3 Å². The molecule has 35 heavy (non-hydrogen) atoms. The molecular formula is C25H26F3NO5S. The average Bonchev–Trinajstić information content (AvgIpc) is 2.98. The monoisotopic (exact) mass is 509 g/mol. The van der Waals surface area contributed by atoms with Crippen LogP contribution in [0.1, 0.15) is 58.6 Å². The number of likely N-dealkylation sites (tertiary alicyclic amines) is 1. The van der Waals surface area contributed by atoms with E-state index in [4.69, 9.17) is 0 Å². The van der Waals surface area contributed by atoms with E-state index in [-0.39, 0.29) is 36.3 Å². The van der Waals surface area contributed by atoms with Crippen LogP contribution in [0.15, 0.2) is 42.5 Å². The molecule has 1 unspecified atom stereocenters. The Hall–Kier alpha value is -2.88. The van der Waals surface area contributed by atoms with E-state index in [0.717, 1.165) is 18.9 Å². The standard InChI is InChI=1S/C25H26F3NO5S/c1-16-5-2-3-6-19(16)17-11-13-29(14-12-17)24(31)18-9-10-21-20(22(30)15-18)7-4-8-23(21)34-35(32,33)25(26,27)28/h2-8,17-18H,9-15H2,1H3. The summed E-state index contributed by atoms with van der Waals surface area (Å²) in [6, 6.07) is 12.0. The lowest BCUT2D eigenvalue weighted by Gasteiger charge is -2.34. The quantitative estimate of drug-likeness (QED) is 0.337. The van der Waals surface area contributed by atoms with Crippen LogP contribution in [0.4, 0.5) is 13.2 Å². The van der Waals surface area contributed by atoms with Crippen LogP contribution in [0.3, 0.4) is 0 Å². The van der Waals surface area contributed by atoms with Gasteiger partial charge in [0.15, 0.2) is 5.78 Å². The van der Waals surface area contributed by atoms with E-state index in [0.29, 0.717) is 19.0 Å². The van der Waals surface area contributed by atoms with Crippen LogP contribution in [0.5, 0.6) is 5.75 Å². The molecule has 4 rings (SSSR count). The maximum Gasteiger partial charge on any atom is 0.534 e. The second-order valence-corrected chi connectivity index (χ2v) is 10.6. The first-order valence-electron chi connectivity index (χ1n) is 11.5. The molecule has 2 aliphatic rings. The third kappa shape index (κ3) is 5.22. The van der Waals surface area contributed by atoms with E-state index in [2.05, 4.69) is 23.2 Å². The van der Waals surface area contributed by atoms with Crippen LogP contribution in [0, 0.1) is 12.8 Å². The first-order chi connectivity index (χ1) is 16.5. The molecule has 1 atom stereocenters. The third-order valence-corrected chi connectivity index (χ3v) is 7.84. The van der Waals surface area contributed by atoms with E-state index >= 15 is 0 Å². The van der Waals surface area contributed by atoms with Gasteiger partial charge in [0.05, 0.1) is 0 Å². The highest BCUT2D eigenvalue weighted by molar-refractivity contribution is 7.88. The number of fused-ring (bicyclic) bond motifs is 1. The van der Waals surface area contributed by atoms with E-state index in [9.17, 15) is 31.2 Å². The van der Waals surface area contributed by atoms with Gasteiger partial charge in [0.1, 0.15) is 5.75 Å². The maximum atomic E-state index is 13.3. The number of aryl methyl sites for hydroxylation is 1. The highest BCUT2D eigenvalue weighted by Gasteiger charge is 2.49. The molecule has 1 heterocycles. The molecule has 0 saturated carbocycles. The Kier molecular flexibility index (Phi) is 6.95. The fourth-order valence-corrected chi connectivity index (χ4v) is 5.49. The van der Waals surface area contributed by atoms with Crippen LogP contribution < -0.4 is 4.18 Å². The Morgan fingerprint density at radius 3 is 2.37 bits per heavy atom. The summed E-state index contributed by atoms with van der Waals surface area (Å²) in [6.07, 6.45) is 1.80. The summed E-state index contributed by atoms with van der Waals surface area (Å²) < 4.78 is 65.8. The Morgan fingerprint density at radius 2 is 1.71 bits per heavy atom. The number of hydrogen-bond acceptors (Lipinski definition) is 5. The molecule has 0 bridgehead atoms. The second kappa shape index (κ2) is 9.64. The van der Waals surface area contributed by atoms with Crippen molar-refractivity contribution in [3.8, 4) is 5.75 Å². The lowest BCUT2D eigenvalue weighted by molar-refractivity contribution is -0.136.